The van der Waals surface area contributed by atoms with Crippen molar-refractivity contribution in [1.82, 2.24) is 0 Å². The number of hydrogen-bond donors (Lipinski definition) is 0. The number of rotatable bonds is 0. The Bertz CT molecular complexity index is 381. The van der Waals surface area contributed by atoms with Gasteiger partial charge in [0.2, 0.25) is 0 Å². The molecule has 8 heteroatoms. The van der Waals surface area contributed by atoms with Crippen molar-refractivity contribution in [2.45, 2.75) is 10.6 Å². The Morgan fingerprint density at radius 2 is 1.11 bits per heavy atom. The molecule has 0 radical (unpaired) electrons. The Kier molecular flexibility index (Phi) is 10.2. The van der Waals surface area contributed by atoms with E-state index in [4.69, 9.17) is 12.2 Å². The van der Waals surface area contributed by atoms with Crippen LogP contribution in [0.4, 0.5) is 0 Å². The molecule has 1 aromatic heterocycles. The molecule has 0 saturated carbocycles. The first-order chi connectivity index (χ1) is 9.36. The molecule has 0 spiro atoms. The average Bonchev–Trinajstić information content (AvgIpc) is 2.74. The third-order valence-electron chi connectivity index (χ3n) is 2.18. The molecule has 0 atom stereocenters. The second kappa shape index (κ2) is 11.0. The van der Waals surface area contributed by atoms with Crippen LogP contribution in [0.15, 0.2) is 0 Å². The van der Waals surface area contributed by atoms with Gasteiger partial charge in [-0.1, -0.05) is 0 Å². The number of thioether (sulfide) groups is 3. The van der Waals surface area contributed by atoms with Crippen LogP contribution in [-0.4, -0.2) is 64.4 Å². The molecule has 1 aromatic rings. The molecule has 0 saturated heterocycles. The van der Waals surface area contributed by atoms with Crippen LogP contribution in [-0.2, 0) is 0 Å². The van der Waals surface area contributed by atoms with Crippen molar-refractivity contribution in [3.05, 3.63) is 3.14 Å². The van der Waals surface area contributed by atoms with Crippen molar-refractivity contribution in [2.24, 2.45) is 0 Å². The van der Waals surface area contributed by atoms with Crippen molar-refractivity contribution < 1.29 is 0 Å². The molecular formula is C11H16S6Se2. The molecule has 0 fully saturated rings. The van der Waals surface area contributed by atoms with E-state index >= 15 is 0 Å². The molecule has 0 unspecified atom stereocenters. The van der Waals surface area contributed by atoms with Crippen LogP contribution >= 0.6 is 70.2 Å². The summed E-state index contributed by atoms with van der Waals surface area (Å²) in [7, 11) is 0. The van der Waals surface area contributed by atoms with E-state index in [0.29, 0.717) is 29.9 Å². The van der Waals surface area contributed by atoms with Gasteiger partial charge in [0, 0.05) is 0 Å². The quantitative estimate of drug-likeness (QED) is 0.398. The van der Waals surface area contributed by atoms with E-state index in [9.17, 15) is 0 Å². The van der Waals surface area contributed by atoms with E-state index in [0.717, 1.165) is 3.14 Å². The third-order valence-corrected chi connectivity index (χ3v) is 16.2. The predicted octanol–water partition coefficient (Wildman–Crippen LogP) is 3.25. The van der Waals surface area contributed by atoms with Crippen molar-refractivity contribution in [1.29, 1.82) is 0 Å². The summed E-state index contributed by atoms with van der Waals surface area (Å²) in [6.07, 6.45) is 0. The van der Waals surface area contributed by atoms with Crippen molar-refractivity contribution >= 4 is 108 Å². The van der Waals surface area contributed by atoms with E-state index in [1.165, 1.54) is 45.2 Å². The summed E-state index contributed by atoms with van der Waals surface area (Å²) in [6, 6.07) is 0. The molecule has 0 N–H and O–H groups in total. The summed E-state index contributed by atoms with van der Waals surface area (Å²) in [5, 5.41) is 2.78. The van der Waals surface area contributed by atoms with Gasteiger partial charge >= 0.3 is 156 Å². The van der Waals surface area contributed by atoms with E-state index in [2.05, 4.69) is 35.3 Å². The molecular weight excluding hydrogens is 482 g/mol. The van der Waals surface area contributed by atoms with Crippen LogP contribution in [0.25, 0.3) is 0 Å². The van der Waals surface area contributed by atoms with Gasteiger partial charge in [-0.05, 0) is 0 Å². The molecule has 1 aliphatic rings. The Morgan fingerprint density at radius 1 is 0.684 bits per heavy atom. The first-order valence-corrected chi connectivity index (χ1v) is 15.6. The van der Waals surface area contributed by atoms with Gasteiger partial charge < -0.3 is 0 Å². The fourth-order valence-corrected chi connectivity index (χ4v) is 16.6. The van der Waals surface area contributed by atoms with E-state index in [1.807, 2.05) is 22.7 Å². The fourth-order valence-electron chi connectivity index (χ4n) is 1.36. The van der Waals surface area contributed by atoms with Crippen molar-refractivity contribution in [2.75, 3.05) is 34.5 Å². The molecule has 0 aliphatic carbocycles. The third kappa shape index (κ3) is 7.45. The van der Waals surface area contributed by atoms with Crippen molar-refractivity contribution in [3.63, 3.8) is 0 Å². The Hall–Kier alpha value is 2.36. The normalized spacial score (nSPS) is 20.2. The second-order valence-electron chi connectivity index (χ2n) is 3.56. The monoisotopic (exact) mass is 500 g/mol. The van der Waals surface area contributed by atoms with Gasteiger partial charge in [-0.3, -0.25) is 0 Å². The summed E-state index contributed by atoms with van der Waals surface area (Å²) in [4.78, 5) is 0. The zero-order valence-corrected chi connectivity index (χ0v) is 18.7. The number of fused-ring (bicyclic) bond motifs is 1. The fraction of sp³-hybridized carbons (Fsp3) is 0.727. The Labute approximate surface area is 154 Å². The zero-order chi connectivity index (χ0) is 13.3. The minimum absolute atomic E-state index is 0.683. The molecule has 0 aromatic carbocycles. The summed E-state index contributed by atoms with van der Waals surface area (Å²) in [6.45, 7) is 0. The van der Waals surface area contributed by atoms with E-state index in [1.54, 1.807) is 7.55 Å². The molecule has 0 bridgehead atoms. The van der Waals surface area contributed by atoms with Crippen LogP contribution in [0.5, 0.6) is 0 Å². The van der Waals surface area contributed by atoms with Crippen LogP contribution in [0.2, 0.25) is 10.6 Å². The zero-order valence-electron chi connectivity index (χ0n) is 10.4. The predicted molar refractivity (Wildman–Crippen MR) is 105 cm³/mol. The Balaban J connectivity index is 1.89. The molecule has 2 rings (SSSR count). The van der Waals surface area contributed by atoms with Gasteiger partial charge in [-0.2, -0.15) is 0 Å². The summed E-state index contributed by atoms with van der Waals surface area (Å²) < 4.78 is 4.52. The topological polar surface area (TPSA) is 0 Å². The van der Waals surface area contributed by atoms with Crippen molar-refractivity contribution in [3.8, 4) is 0 Å². The van der Waals surface area contributed by atoms with Gasteiger partial charge in [0.05, 0.1) is 0 Å². The molecule has 0 nitrogen and oxygen atoms in total. The minimum atomic E-state index is 0.683. The maximum atomic E-state index is 5.40. The molecule has 1 aliphatic heterocycles. The molecule has 2 heterocycles. The number of hydrogen-bond acceptors (Lipinski definition) is 6. The standard InChI is InChI=1S/C11H16S6Se2/c12-11-16-9-10(17-11)19-8-6-15-4-2-13-1-3-14-5-7-18-9/h1-8H2. The van der Waals surface area contributed by atoms with Gasteiger partial charge in [-0.25, -0.2) is 0 Å². The van der Waals surface area contributed by atoms with E-state index < -0.39 is 0 Å². The molecule has 19 heavy (non-hydrogen) atoms. The van der Waals surface area contributed by atoms with Crippen LogP contribution in [0.3, 0.4) is 0 Å². The van der Waals surface area contributed by atoms with Gasteiger partial charge in [-0.15, -0.1) is 0 Å². The van der Waals surface area contributed by atoms with Crippen LogP contribution in [0.1, 0.15) is 0 Å². The second-order valence-corrected chi connectivity index (χ2v) is 16.3. The van der Waals surface area contributed by atoms with Gasteiger partial charge in [0.1, 0.15) is 0 Å². The van der Waals surface area contributed by atoms with Gasteiger partial charge in [0.25, 0.3) is 0 Å². The Morgan fingerprint density at radius 3 is 1.58 bits per heavy atom. The maximum absolute atomic E-state index is 5.40. The van der Waals surface area contributed by atoms with E-state index in [-0.39, 0.29) is 0 Å². The molecule has 0 amide bonds. The first kappa shape index (κ1) is 17.7. The summed E-state index contributed by atoms with van der Waals surface area (Å²) in [5.74, 6) is 8.03. The summed E-state index contributed by atoms with van der Waals surface area (Å²) in [5.41, 5.74) is 0. The molecule has 108 valence electrons. The van der Waals surface area contributed by atoms with Gasteiger partial charge in [0.15, 0.2) is 0 Å². The summed E-state index contributed by atoms with van der Waals surface area (Å²) >= 11 is 17.0. The van der Waals surface area contributed by atoms with Crippen LogP contribution < -0.4 is 7.55 Å². The SMILES string of the molecule is S=c1sc2c(s1)[Se]CCSCCSCCSCC[Se]2. The first-order valence-electron chi connectivity index (χ1n) is 5.99. The average molecular weight is 499 g/mol. The van der Waals surface area contributed by atoms with Crippen LogP contribution in [0, 0.1) is 3.14 Å².